The summed E-state index contributed by atoms with van der Waals surface area (Å²) < 4.78 is 22.6. The van der Waals surface area contributed by atoms with Crippen molar-refractivity contribution >= 4 is 16.0 Å². The number of nitrogens with two attached hydrogens (primary N) is 1. The molecule has 0 unspecified atom stereocenters. The van der Waals surface area contributed by atoms with Crippen LogP contribution in [0.4, 0.5) is 0 Å². The molecular weight excluding hydrogens is 166 g/mol. The van der Waals surface area contributed by atoms with Gasteiger partial charge in [0.15, 0.2) is 0 Å². The average molecular weight is 179 g/mol. The van der Waals surface area contributed by atoms with Crippen LogP contribution in [0.25, 0.3) is 0 Å². The second kappa shape index (κ2) is 3.56. The highest BCUT2D eigenvalue weighted by Crippen LogP contribution is 1.91. The molecule has 0 rings (SSSR count). The second-order valence-electron chi connectivity index (χ2n) is 2.06. The summed E-state index contributed by atoms with van der Waals surface area (Å²) >= 11 is 0. The van der Waals surface area contributed by atoms with Crippen LogP contribution in [0, 0.1) is 0 Å². The molecule has 0 aromatic carbocycles. The van der Waals surface area contributed by atoms with Crippen molar-refractivity contribution in [2.75, 3.05) is 19.8 Å². The van der Waals surface area contributed by atoms with E-state index in [4.69, 9.17) is 5.73 Å². The van der Waals surface area contributed by atoms with Crippen molar-refractivity contribution in [2.45, 2.75) is 6.92 Å². The summed E-state index contributed by atoms with van der Waals surface area (Å²) in [5.74, 6) is 0.0231. The molecule has 0 aromatic heterocycles. The van der Waals surface area contributed by atoms with Crippen LogP contribution in [-0.4, -0.2) is 38.5 Å². The average Bonchev–Trinajstić information content (AvgIpc) is 1.85. The van der Waals surface area contributed by atoms with Crippen molar-refractivity contribution < 1.29 is 8.42 Å². The molecule has 0 radical (unpaired) electrons. The summed E-state index contributed by atoms with van der Waals surface area (Å²) in [7, 11) is -1.88. The summed E-state index contributed by atoms with van der Waals surface area (Å²) in [5, 5.41) is 0. The molecule has 0 amide bonds. The smallest absolute Gasteiger partial charge is 0.234 e. The predicted octanol–water partition coefficient (Wildman–Crippen LogP) is -0.788. The number of guanidine groups is 1. The molecule has 0 fully saturated rings. The van der Waals surface area contributed by atoms with Crippen LogP contribution >= 0.6 is 0 Å². The summed E-state index contributed by atoms with van der Waals surface area (Å²) in [6.07, 6.45) is 1.07. The topological polar surface area (TPSA) is 75.8 Å². The van der Waals surface area contributed by atoms with Crippen LogP contribution in [0.15, 0.2) is 4.99 Å². The van der Waals surface area contributed by atoms with Gasteiger partial charge in [-0.25, -0.2) is 12.7 Å². The van der Waals surface area contributed by atoms with Crippen molar-refractivity contribution in [3.63, 3.8) is 0 Å². The van der Waals surface area contributed by atoms with Gasteiger partial charge >= 0.3 is 0 Å². The molecule has 0 aliphatic heterocycles. The summed E-state index contributed by atoms with van der Waals surface area (Å²) in [4.78, 5) is 3.73. The monoisotopic (exact) mass is 179 g/mol. The lowest BCUT2D eigenvalue weighted by Crippen LogP contribution is -2.38. The van der Waals surface area contributed by atoms with E-state index in [0.29, 0.717) is 6.54 Å². The Morgan fingerprint density at radius 3 is 2.36 bits per heavy atom. The van der Waals surface area contributed by atoms with E-state index in [1.807, 2.05) is 0 Å². The summed E-state index contributed by atoms with van der Waals surface area (Å²) in [6, 6.07) is 0. The zero-order valence-corrected chi connectivity index (χ0v) is 7.72. The van der Waals surface area contributed by atoms with Crippen LogP contribution in [-0.2, 0) is 10.0 Å². The zero-order valence-electron chi connectivity index (χ0n) is 6.90. The van der Waals surface area contributed by atoms with E-state index in [0.717, 1.165) is 10.6 Å². The Kier molecular flexibility index (Phi) is 3.31. The molecule has 66 valence electrons. The minimum atomic E-state index is -3.25. The molecule has 0 aliphatic rings. The molecule has 0 spiro atoms. The second-order valence-corrected chi connectivity index (χ2v) is 4.08. The molecule has 0 atom stereocenters. The van der Waals surface area contributed by atoms with Gasteiger partial charge in [0.2, 0.25) is 16.0 Å². The molecule has 0 heterocycles. The Balaban J connectivity index is 4.51. The van der Waals surface area contributed by atoms with Gasteiger partial charge in [0.1, 0.15) is 0 Å². The zero-order chi connectivity index (χ0) is 9.07. The quantitative estimate of drug-likeness (QED) is 0.446. The maximum absolute atomic E-state index is 10.8. The van der Waals surface area contributed by atoms with Gasteiger partial charge in [0.05, 0.1) is 6.26 Å². The fraction of sp³-hybridized carbons (Fsp3) is 0.800. The van der Waals surface area contributed by atoms with Gasteiger partial charge in [0.25, 0.3) is 0 Å². The number of hydrogen-bond acceptors (Lipinski definition) is 3. The molecule has 11 heavy (non-hydrogen) atoms. The van der Waals surface area contributed by atoms with E-state index in [1.165, 1.54) is 7.05 Å². The largest absolute Gasteiger partial charge is 0.369 e. The normalized spacial score (nSPS) is 13.2. The lowest BCUT2D eigenvalue weighted by molar-refractivity contribution is 0.557. The highest BCUT2D eigenvalue weighted by molar-refractivity contribution is 7.88. The molecule has 0 aromatic rings. The lowest BCUT2D eigenvalue weighted by atomic mass is 10.8. The SMILES string of the molecule is CCN=C(N)N(C)S(C)(=O)=O. The molecule has 0 bridgehead atoms. The summed E-state index contributed by atoms with van der Waals surface area (Å²) in [6.45, 7) is 2.26. The van der Waals surface area contributed by atoms with Crippen molar-refractivity contribution in [3.05, 3.63) is 0 Å². The fourth-order valence-corrected chi connectivity index (χ4v) is 0.829. The van der Waals surface area contributed by atoms with E-state index in [9.17, 15) is 8.42 Å². The molecule has 0 saturated carbocycles. The molecule has 6 heteroatoms. The Morgan fingerprint density at radius 1 is 1.64 bits per heavy atom. The Morgan fingerprint density at radius 2 is 2.09 bits per heavy atom. The van der Waals surface area contributed by atoms with Gasteiger partial charge in [0, 0.05) is 13.6 Å². The van der Waals surface area contributed by atoms with E-state index in [1.54, 1.807) is 6.92 Å². The van der Waals surface area contributed by atoms with E-state index < -0.39 is 10.0 Å². The number of aliphatic imine (C=N–C) groups is 1. The van der Waals surface area contributed by atoms with Crippen molar-refractivity contribution in [3.8, 4) is 0 Å². The molecule has 0 saturated heterocycles. The molecule has 2 N–H and O–H groups in total. The summed E-state index contributed by atoms with van der Waals surface area (Å²) in [5.41, 5.74) is 5.31. The Hall–Kier alpha value is -0.780. The maximum atomic E-state index is 10.8. The number of sulfonamides is 1. The minimum Gasteiger partial charge on any atom is -0.369 e. The maximum Gasteiger partial charge on any atom is 0.234 e. The first kappa shape index (κ1) is 10.2. The Labute approximate surface area is 67.0 Å². The first-order valence-corrected chi connectivity index (χ1v) is 4.98. The third-order valence-electron chi connectivity index (χ3n) is 1.14. The van der Waals surface area contributed by atoms with Gasteiger partial charge in [-0.2, -0.15) is 0 Å². The highest BCUT2D eigenvalue weighted by Gasteiger charge is 2.11. The third-order valence-corrected chi connectivity index (χ3v) is 2.32. The fourth-order valence-electron chi connectivity index (χ4n) is 0.431. The van der Waals surface area contributed by atoms with Crippen LogP contribution in [0.5, 0.6) is 0 Å². The molecular formula is C5H13N3O2S. The first-order chi connectivity index (χ1) is 4.89. The van der Waals surface area contributed by atoms with Gasteiger partial charge in [-0.15, -0.1) is 0 Å². The molecule has 5 nitrogen and oxygen atoms in total. The number of rotatable bonds is 2. The van der Waals surface area contributed by atoms with Gasteiger partial charge in [-0.05, 0) is 6.92 Å². The van der Waals surface area contributed by atoms with E-state index in [2.05, 4.69) is 4.99 Å². The lowest BCUT2D eigenvalue weighted by Gasteiger charge is -2.14. The van der Waals surface area contributed by atoms with E-state index >= 15 is 0 Å². The number of hydrogen-bond donors (Lipinski definition) is 1. The number of nitrogens with zero attached hydrogens (tertiary/aromatic N) is 2. The van der Waals surface area contributed by atoms with E-state index in [-0.39, 0.29) is 5.96 Å². The van der Waals surface area contributed by atoms with Gasteiger partial charge < -0.3 is 5.73 Å². The van der Waals surface area contributed by atoms with Crippen molar-refractivity contribution in [1.82, 2.24) is 4.31 Å². The van der Waals surface area contributed by atoms with Crippen molar-refractivity contribution in [2.24, 2.45) is 10.7 Å². The van der Waals surface area contributed by atoms with Crippen LogP contribution in [0.2, 0.25) is 0 Å². The van der Waals surface area contributed by atoms with Crippen LogP contribution in [0.1, 0.15) is 6.92 Å². The Bertz CT molecular complexity index is 244. The molecule has 0 aliphatic carbocycles. The standard InChI is InChI=1S/C5H13N3O2S/c1-4-7-5(6)8(2)11(3,9)10/h4H2,1-3H3,(H2,6,7). The highest BCUT2D eigenvalue weighted by atomic mass is 32.2. The minimum absolute atomic E-state index is 0.0231. The van der Waals surface area contributed by atoms with Crippen LogP contribution < -0.4 is 5.73 Å². The third kappa shape index (κ3) is 3.22. The van der Waals surface area contributed by atoms with Crippen LogP contribution in [0.3, 0.4) is 0 Å². The van der Waals surface area contributed by atoms with Gasteiger partial charge in [-0.1, -0.05) is 0 Å². The van der Waals surface area contributed by atoms with Gasteiger partial charge in [-0.3, -0.25) is 4.99 Å². The predicted molar refractivity (Wildman–Crippen MR) is 44.8 cm³/mol. The van der Waals surface area contributed by atoms with Crippen molar-refractivity contribution in [1.29, 1.82) is 0 Å². The first-order valence-electron chi connectivity index (χ1n) is 3.13.